The number of carbonyl (C=O) groups is 1. The third-order valence-corrected chi connectivity index (χ3v) is 3.93. The van der Waals surface area contributed by atoms with Crippen molar-refractivity contribution in [3.05, 3.63) is 83.8 Å². The van der Waals surface area contributed by atoms with Crippen LogP contribution < -0.4 is 5.32 Å². The van der Waals surface area contributed by atoms with Crippen LogP contribution in [0.2, 0.25) is 0 Å². The van der Waals surface area contributed by atoms with Crippen LogP contribution in [0.3, 0.4) is 0 Å². The minimum absolute atomic E-state index is 0.240. The summed E-state index contributed by atoms with van der Waals surface area (Å²) in [6.07, 6.45) is 3.57. The van der Waals surface area contributed by atoms with Crippen molar-refractivity contribution >= 4 is 11.6 Å². The fourth-order valence-corrected chi connectivity index (χ4v) is 2.60. The Balaban J connectivity index is 1.71. The molecule has 126 valence electrons. The van der Waals surface area contributed by atoms with Gasteiger partial charge in [-0.1, -0.05) is 37.6 Å². The maximum absolute atomic E-state index is 13.8. The van der Waals surface area contributed by atoms with E-state index in [9.17, 15) is 9.18 Å². The number of aromatic nitrogens is 1. The average molecular weight is 334 g/mol. The summed E-state index contributed by atoms with van der Waals surface area (Å²) in [7, 11) is 0. The molecule has 0 spiro atoms. The van der Waals surface area contributed by atoms with Crippen LogP contribution >= 0.6 is 0 Å². The molecule has 0 aliphatic rings. The van der Waals surface area contributed by atoms with Gasteiger partial charge in [0.2, 0.25) is 0 Å². The summed E-state index contributed by atoms with van der Waals surface area (Å²) in [5.41, 5.74) is 3.33. The van der Waals surface area contributed by atoms with Crippen molar-refractivity contribution in [3.8, 4) is 11.3 Å². The molecule has 0 bridgehead atoms. The van der Waals surface area contributed by atoms with E-state index < -0.39 is 0 Å². The van der Waals surface area contributed by atoms with Gasteiger partial charge in [-0.2, -0.15) is 0 Å². The Bertz CT molecular complexity index is 858. The fraction of sp³-hybridized carbons (Fsp3) is 0.143. The molecule has 0 saturated carbocycles. The zero-order valence-corrected chi connectivity index (χ0v) is 14.0. The largest absolute Gasteiger partial charge is 0.322 e. The van der Waals surface area contributed by atoms with Crippen LogP contribution in [0.4, 0.5) is 10.1 Å². The van der Waals surface area contributed by atoms with Gasteiger partial charge in [0.25, 0.3) is 5.91 Å². The number of nitrogens with one attached hydrogen (secondary N) is 1. The fourth-order valence-electron chi connectivity index (χ4n) is 2.60. The van der Waals surface area contributed by atoms with E-state index >= 15 is 0 Å². The molecule has 0 radical (unpaired) electrons. The quantitative estimate of drug-likeness (QED) is 0.706. The molecule has 0 unspecified atom stereocenters. The summed E-state index contributed by atoms with van der Waals surface area (Å²) in [5, 5.41) is 2.85. The van der Waals surface area contributed by atoms with Crippen LogP contribution in [0.25, 0.3) is 11.3 Å². The Morgan fingerprint density at radius 3 is 2.44 bits per heavy atom. The lowest BCUT2D eigenvalue weighted by molar-refractivity contribution is 0.102. The molecule has 0 atom stereocenters. The van der Waals surface area contributed by atoms with Gasteiger partial charge < -0.3 is 5.32 Å². The van der Waals surface area contributed by atoms with Gasteiger partial charge >= 0.3 is 0 Å². The first kappa shape index (κ1) is 16.8. The second-order valence-corrected chi connectivity index (χ2v) is 5.81. The van der Waals surface area contributed by atoms with Crippen molar-refractivity contribution in [2.24, 2.45) is 0 Å². The van der Waals surface area contributed by atoms with E-state index in [2.05, 4.69) is 17.2 Å². The molecule has 1 heterocycles. The van der Waals surface area contributed by atoms with Crippen LogP contribution in [-0.4, -0.2) is 10.9 Å². The van der Waals surface area contributed by atoms with Crippen LogP contribution in [-0.2, 0) is 6.42 Å². The molecular formula is C21H19FN2O. The molecule has 2 aromatic carbocycles. The van der Waals surface area contributed by atoms with Crippen LogP contribution in [0.15, 0.2) is 66.9 Å². The smallest absolute Gasteiger partial charge is 0.257 e. The second-order valence-electron chi connectivity index (χ2n) is 5.81. The molecule has 0 aliphatic carbocycles. The molecule has 1 N–H and O–H groups in total. The number of rotatable bonds is 5. The zero-order valence-electron chi connectivity index (χ0n) is 14.0. The number of aryl methyl sites for hydroxylation is 1. The molecule has 0 aliphatic heterocycles. The molecule has 0 fully saturated rings. The highest BCUT2D eigenvalue weighted by Gasteiger charge is 2.09. The van der Waals surface area contributed by atoms with E-state index in [0.717, 1.165) is 18.5 Å². The predicted molar refractivity (Wildman–Crippen MR) is 98.0 cm³/mol. The third kappa shape index (κ3) is 4.10. The van der Waals surface area contributed by atoms with Crippen molar-refractivity contribution in [2.75, 3.05) is 5.32 Å². The number of hydrogen-bond acceptors (Lipinski definition) is 2. The maximum Gasteiger partial charge on any atom is 0.257 e. The molecule has 3 nitrogen and oxygen atoms in total. The Hall–Kier alpha value is -3.01. The number of pyridine rings is 1. The Labute approximate surface area is 146 Å². The van der Waals surface area contributed by atoms with Gasteiger partial charge in [-0.15, -0.1) is 0 Å². The summed E-state index contributed by atoms with van der Waals surface area (Å²) in [4.78, 5) is 16.5. The molecule has 1 aromatic heterocycles. The van der Waals surface area contributed by atoms with E-state index in [-0.39, 0.29) is 11.7 Å². The van der Waals surface area contributed by atoms with Crippen molar-refractivity contribution in [1.82, 2.24) is 4.98 Å². The van der Waals surface area contributed by atoms with Gasteiger partial charge in [0, 0.05) is 17.4 Å². The number of amides is 1. The lowest BCUT2D eigenvalue weighted by Crippen LogP contribution is -2.12. The Kier molecular flexibility index (Phi) is 5.19. The van der Waals surface area contributed by atoms with Crippen LogP contribution in [0, 0.1) is 5.82 Å². The molecular weight excluding hydrogens is 315 g/mol. The minimum Gasteiger partial charge on any atom is -0.322 e. The van der Waals surface area contributed by atoms with E-state index in [0.29, 0.717) is 16.8 Å². The monoisotopic (exact) mass is 334 g/mol. The summed E-state index contributed by atoms with van der Waals surface area (Å²) in [5.74, 6) is -0.574. The van der Waals surface area contributed by atoms with Gasteiger partial charge in [-0.3, -0.25) is 9.78 Å². The van der Waals surface area contributed by atoms with E-state index in [1.165, 1.54) is 17.8 Å². The summed E-state index contributed by atoms with van der Waals surface area (Å²) >= 11 is 0. The number of carbonyl (C=O) groups excluding carboxylic acids is 1. The zero-order chi connectivity index (χ0) is 17.6. The molecule has 25 heavy (non-hydrogen) atoms. The van der Waals surface area contributed by atoms with Crippen molar-refractivity contribution in [3.63, 3.8) is 0 Å². The first-order valence-corrected chi connectivity index (χ1v) is 8.28. The van der Waals surface area contributed by atoms with Gasteiger partial charge in [-0.05, 0) is 48.4 Å². The minimum atomic E-state index is -0.334. The number of hydrogen-bond donors (Lipinski definition) is 1. The lowest BCUT2D eigenvalue weighted by Gasteiger charge is -2.07. The number of halogens is 1. The van der Waals surface area contributed by atoms with E-state index in [1.807, 2.05) is 24.3 Å². The third-order valence-electron chi connectivity index (χ3n) is 3.93. The maximum atomic E-state index is 13.8. The van der Waals surface area contributed by atoms with E-state index in [1.54, 1.807) is 30.3 Å². The molecule has 3 aromatic rings. The number of benzene rings is 2. The number of nitrogens with zero attached hydrogens (tertiary/aromatic N) is 1. The van der Waals surface area contributed by atoms with Gasteiger partial charge in [0.1, 0.15) is 5.82 Å². The summed E-state index contributed by atoms with van der Waals surface area (Å²) < 4.78 is 13.8. The normalized spacial score (nSPS) is 10.5. The molecule has 3 rings (SSSR count). The SMILES string of the molecule is CCCc1ccc(NC(=O)c2ccc(-c3ccccc3F)nc2)cc1. The molecule has 1 amide bonds. The van der Waals surface area contributed by atoms with Crippen LogP contribution in [0.5, 0.6) is 0 Å². The first-order chi connectivity index (χ1) is 12.2. The summed E-state index contributed by atoms with van der Waals surface area (Å²) in [6, 6.07) is 17.5. The van der Waals surface area contributed by atoms with Gasteiger partial charge in [0.15, 0.2) is 0 Å². The second kappa shape index (κ2) is 7.71. The van der Waals surface area contributed by atoms with Crippen molar-refractivity contribution in [2.45, 2.75) is 19.8 Å². The average Bonchev–Trinajstić information content (AvgIpc) is 2.64. The first-order valence-electron chi connectivity index (χ1n) is 8.28. The number of anilines is 1. The van der Waals surface area contributed by atoms with E-state index in [4.69, 9.17) is 0 Å². The highest BCUT2D eigenvalue weighted by molar-refractivity contribution is 6.04. The lowest BCUT2D eigenvalue weighted by atomic mass is 10.1. The highest BCUT2D eigenvalue weighted by Crippen LogP contribution is 2.20. The van der Waals surface area contributed by atoms with Crippen molar-refractivity contribution < 1.29 is 9.18 Å². The predicted octanol–water partition coefficient (Wildman–Crippen LogP) is 5.09. The summed E-state index contributed by atoms with van der Waals surface area (Å²) in [6.45, 7) is 2.13. The Morgan fingerprint density at radius 1 is 1.04 bits per heavy atom. The standard InChI is InChI=1S/C21H19FN2O/c1-2-5-15-8-11-17(12-9-15)24-21(25)16-10-13-20(23-14-16)18-6-3-4-7-19(18)22/h3-4,6-14H,2,5H2,1H3,(H,24,25). The topological polar surface area (TPSA) is 42.0 Å². The highest BCUT2D eigenvalue weighted by atomic mass is 19.1. The van der Waals surface area contributed by atoms with Crippen LogP contribution in [0.1, 0.15) is 29.3 Å². The van der Waals surface area contributed by atoms with Gasteiger partial charge in [-0.25, -0.2) is 4.39 Å². The van der Waals surface area contributed by atoms with Gasteiger partial charge in [0.05, 0.1) is 11.3 Å². The van der Waals surface area contributed by atoms with Crippen molar-refractivity contribution in [1.29, 1.82) is 0 Å². The molecule has 0 saturated heterocycles. The Morgan fingerprint density at radius 2 is 1.80 bits per heavy atom. The molecule has 4 heteroatoms.